The molecule has 4 heterocycles. The first-order valence-electron chi connectivity index (χ1n) is 12.7. The van der Waals surface area contributed by atoms with Crippen LogP contribution in [0.3, 0.4) is 0 Å². The second-order valence-electron chi connectivity index (χ2n) is 9.50. The van der Waals surface area contributed by atoms with Gasteiger partial charge in [-0.15, -0.1) is 5.10 Å². The van der Waals surface area contributed by atoms with E-state index in [1.165, 1.54) is 18.4 Å². The van der Waals surface area contributed by atoms with Crippen molar-refractivity contribution in [1.29, 1.82) is 0 Å². The molecule has 2 fully saturated rings. The molecule has 8 nitrogen and oxygen atoms in total. The summed E-state index contributed by atoms with van der Waals surface area (Å²) in [6, 6.07) is 14.6. The van der Waals surface area contributed by atoms with Gasteiger partial charge in [0.1, 0.15) is 5.75 Å². The standard InChI is InChI=1S/C27H32N6O2/c1-34-21-10-8-19(9-11-21)25-31-26-24-22(18-12-15-35-16-13-18)6-4-7-23(24)30-27(33(26)32-25)29-20-5-2-3-14-28-17-20/h4,6-11,18,20,28H,2-3,5,12-17H2,1H3,(H,29,30)/t20-/m1/s1. The Kier molecular flexibility index (Phi) is 6.22. The number of hydrogen-bond acceptors (Lipinski definition) is 7. The Morgan fingerprint density at radius 1 is 1.03 bits per heavy atom. The summed E-state index contributed by atoms with van der Waals surface area (Å²) in [6.45, 7) is 3.58. The normalized spacial score (nSPS) is 19.6. The van der Waals surface area contributed by atoms with E-state index in [0.29, 0.717) is 17.8 Å². The number of aromatic nitrogens is 4. The second kappa shape index (κ2) is 9.79. The van der Waals surface area contributed by atoms with Gasteiger partial charge in [-0.1, -0.05) is 18.6 Å². The minimum Gasteiger partial charge on any atom is -0.497 e. The Morgan fingerprint density at radius 2 is 1.89 bits per heavy atom. The molecule has 2 aromatic carbocycles. The van der Waals surface area contributed by atoms with Gasteiger partial charge < -0.3 is 20.1 Å². The van der Waals surface area contributed by atoms with Gasteiger partial charge in [-0.25, -0.2) is 9.97 Å². The van der Waals surface area contributed by atoms with Gasteiger partial charge in [0.15, 0.2) is 11.5 Å². The Bertz CT molecular complexity index is 1310. The third kappa shape index (κ3) is 4.44. The van der Waals surface area contributed by atoms with E-state index in [-0.39, 0.29) is 0 Å². The summed E-state index contributed by atoms with van der Waals surface area (Å²) in [7, 11) is 1.67. The van der Waals surface area contributed by atoms with Crippen LogP contribution in [0.4, 0.5) is 5.95 Å². The van der Waals surface area contributed by atoms with Crippen LogP contribution in [0.2, 0.25) is 0 Å². The second-order valence-corrected chi connectivity index (χ2v) is 9.50. The molecule has 2 saturated heterocycles. The van der Waals surface area contributed by atoms with Crippen molar-refractivity contribution in [3.8, 4) is 17.1 Å². The number of ether oxygens (including phenoxy) is 2. The van der Waals surface area contributed by atoms with Crippen molar-refractivity contribution >= 4 is 22.5 Å². The number of benzene rings is 2. The molecule has 2 aliphatic heterocycles. The lowest BCUT2D eigenvalue weighted by Gasteiger charge is -2.24. The molecule has 0 spiro atoms. The first-order valence-corrected chi connectivity index (χ1v) is 12.7. The van der Waals surface area contributed by atoms with Gasteiger partial charge >= 0.3 is 0 Å². The van der Waals surface area contributed by atoms with Gasteiger partial charge in [-0.3, -0.25) is 0 Å². The van der Waals surface area contributed by atoms with Crippen molar-refractivity contribution in [1.82, 2.24) is 24.9 Å². The molecule has 6 rings (SSSR count). The van der Waals surface area contributed by atoms with Gasteiger partial charge in [0.05, 0.1) is 12.6 Å². The molecular weight excluding hydrogens is 440 g/mol. The maximum absolute atomic E-state index is 5.64. The number of nitrogens with zero attached hydrogens (tertiary/aromatic N) is 4. The van der Waals surface area contributed by atoms with E-state index in [2.05, 4.69) is 28.8 Å². The fraction of sp³-hybridized carbons (Fsp3) is 0.444. The zero-order valence-corrected chi connectivity index (χ0v) is 20.2. The summed E-state index contributed by atoms with van der Waals surface area (Å²) in [5, 5.41) is 13.3. The van der Waals surface area contributed by atoms with Crippen LogP contribution in [-0.2, 0) is 4.74 Å². The average Bonchev–Trinajstić information content (AvgIpc) is 3.21. The number of rotatable bonds is 5. The molecule has 2 aromatic heterocycles. The van der Waals surface area contributed by atoms with E-state index in [1.54, 1.807) is 7.11 Å². The van der Waals surface area contributed by atoms with Crippen molar-refractivity contribution in [3.05, 3.63) is 48.0 Å². The highest BCUT2D eigenvalue weighted by Gasteiger charge is 2.24. The Labute approximate surface area is 205 Å². The Balaban J connectivity index is 1.51. The lowest BCUT2D eigenvalue weighted by Crippen LogP contribution is -2.32. The van der Waals surface area contributed by atoms with Crippen LogP contribution in [-0.4, -0.2) is 59.0 Å². The highest BCUT2D eigenvalue weighted by atomic mass is 16.5. The number of hydrogen-bond donors (Lipinski definition) is 2. The van der Waals surface area contributed by atoms with Gasteiger partial charge in [0, 0.05) is 36.8 Å². The molecule has 0 bridgehead atoms. The molecule has 0 radical (unpaired) electrons. The maximum atomic E-state index is 5.64. The Hall–Kier alpha value is -3.23. The van der Waals surface area contributed by atoms with E-state index in [1.807, 2.05) is 28.8 Å². The number of methoxy groups -OCH3 is 1. The summed E-state index contributed by atoms with van der Waals surface area (Å²) in [4.78, 5) is 10.2. The maximum Gasteiger partial charge on any atom is 0.226 e. The zero-order chi connectivity index (χ0) is 23.6. The molecule has 0 unspecified atom stereocenters. The molecule has 0 saturated carbocycles. The molecule has 4 aromatic rings. The first kappa shape index (κ1) is 22.2. The van der Waals surface area contributed by atoms with Crippen molar-refractivity contribution in [2.24, 2.45) is 0 Å². The summed E-state index contributed by atoms with van der Waals surface area (Å²) < 4.78 is 12.9. The molecular formula is C27H32N6O2. The molecule has 0 amide bonds. The molecule has 35 heavy (non-hydrogen) atoms. The van der Waals surface area contributed by atoms with Crippen molar-refractivity contribution < 1.29 is 9.47 Å². The smallest absolute Gasteiger partial charge is 0.226 e. The highest BCUT2D eigenvalue weighted by Crippen LogP contribution is 2.35. The monoisotopic (exact) mass is 472 g/mol. The third-order valence-corrected chi connectivity index (χ3v) is 7.22. The summed E-state index contributed by atoms with van der Waals surface area (Å²) >= 11 is 0. The van der Waals surface area contributed by atoms with Crippen LogP contribution in [0.5, 0.6) is 5.75 Å². The lowest BCUT2D eigenvalue weighted by atomic mass is 9.89. The largest absolute Gasteiger partial charge is 0.497 e. The van der Waals surface area contributed by atoms with E-state index in [4.69, 9.17) is 24.5 Å². The summed E-state index contributed by atoms with van der Waals surface area (Å²) in [5.74, 6) is 2.68. The predicted molar refractivity (Wildman–Crippen MR) is 137 cm³/mol. The van der Waals surface area contributed by atoms with Crippen molar-refractivity contribution in [2.45, 2.75) is 44.1 Å². The number of anilines is 1. The number of nitrogens with one attached hydrogen (secondary N) is 2. The molecule has 0 aliphatic carbocycles. The zero-order valence-electron chi connectivity index (χ0n) is 20.2. The van der Waals surface area contributed by atoms with E-state index < -0.39 is 0 Å². The number of fused-ring (bicyclic) bond motifs is 3. The third-order valence-electron chi connectivity index (χ3n) is 7.22. The summed E-state index contributed by atoms with van der Waals surface area (Å²) in [6.07, 6.45) is 5.54. The Morgan fingerprint density at radius 3 is 2.71 bits per heavy atom. The van der Waals surface area contributed by atoms with Crippen LogP contribution in [0, 0.1) is 0 Å². The predicted octanol–water partition coefficient (Wildman–Crippen LogP) is 4.40. The van der Waals surface area contributed by atoms with Gasteiger partial charge in [0.2, 0.25) is 5.95 Å². The molecule has 8 heteroatoms. The van der Waals surface area contributed by atoms with Gasteiger partial charge in [-0.2, -0.15) is 4.52 Å². The van der Waals surface area contributed by atoms with E-state index in [9.17, 15) is 0 Å². The van der Waals surface area contributed by atoms with E-state index in [0.717, 1.165) is 79.4 Å². The highest BCUT2D eigenvalue weighted by molar-refractivity contribution is 5.96. The molecule has 1 atom stereocenters. The summed E-state index contributed by atoms with van der Waals surface area (Å²) in [5.41, 5.74) is 4.05. The minimum absolute atomic E-state index is 0.304. The molecule has 182 valence electrons. The lowest BCUT2D eigenvalue weighted by molar-refractivity contribution is 0.0856. The molecule has 2 N–H and O–H groups in total. The van der Waals surface area contributed by atoms with Crippen LogP contribution < -0.4 is 15.4 Å². The van der Waals surface area contributed by atoms with E-state index >= 15 is 0 Å². The quantitative estimate of drug-likeness (QED) is 0.445. The van der Waals surface area contributed by atoms with Crippen LogP contribution >= 0.6 is 0 Å². The van der Waals surface area contributed by atoms with Gasteiger partial charge in [-0.05, 0) is 74.0 Å². The topological polar surface area (TPSA) is 85.6 Å². The van der Waals surface area contributed by atoms with Crippen molar-refractivity contribution in [3.63, 3.8) is 0 Å². The fourth-order valence-electron chi connectivity index (χ4n) is 5.31. The van der Waals surface area contributed by atoms with Crippen molar-refractivity contribution in [2.75, 3.05) is 38.7 Å². The SMILES string of the molecule is COc1ccc(-c2nc3c4c(C5CCOCC5)cccc4nc(N[C@@H]4CCCCNC4)n3n2)cc1. The van der Waals surface area contributed by atoms with Crippen LogP contribution in [0.1, 0.15) is 43.6 Å². The van der Waals surface area contributed by atoms with Crippen LogP contribution in [0.25, 0.3) is 27.9 Å². The van der Waals surface area contributed by atoms with Gasteiger partial charge in [0.25, 0.3) is 0 Å². The fourth-order valence-corrected chi connectivity index (χ4v) is 5.31. The average molecular weight is 473 g/mol. The molecule has 2 aliphatic rings. The first-order chi connectivity index (χ1) is 17.3. The van der Waals surface area contributed by atoms with Crippen LogP contribution in [0.15, 0.2) is 42.5 Å². The minimum atomic E-state index is 0.304.